The molecule has 0 N–H and O–H groups in total. The van der Waals surface area contributed by atoms with Crippen LogP contribution in [0.2, 0.25) is 0 Å². The molecular formula is C14H16F3N3O2. The van der Waals surface area contributed by atoms with E-state index in [0.717, 1.165) is 25.1 Å². The van der Waals surface area contributed by atoms with Crippen molar-refractivity contribution in [3.63, 3.8) is 0 Å². The number of aromatic nitrogens is 1. The summed E-state index contributed by atoms with van der Waals surface area (Å²) in [7, 11) is 0. The summed E-state index contributed by atoms with van der Waals surface area (Å²) >= 11 is 0. The molecule has 0 saturated carbocycles. The summed E-state index contributed by atoms with van der Waals surface area (Å²) in [5.41, 5.74) is 0.0983. The summed E-state index contributed by atoms with van der Waals surface area (Å²) in [6, 6.07) is 1.07. The molecule has 2 rings (SSSR count). The predicted molar refractivity (Wildman–Crippen MR) is 74.7 cm³/mol. The van der Waals surface area contributed by atoms with Crippen molar-refractivity contribution in [2.75, 3.05) is 18.0 Å². The summed E-state index contributed by atoms with van der Waals surface area (Å²) in [5, 5.41) is 3.61. The maximum atomic E-state index is 12.9. The Hall–Kier alpha value is -2.12. The van der Waals surface area contributed by atoms with Crippen molar-refractivity contribution in [3.05, 3.63) is 23.5 Å². The van der Waals surface area contributed by atoms with Crippen LogP contribution in [0.15, 0.2) is 17.4 Å². The zero-order valence-electron chi connectivity index (χ0n) is 12.3. The van der Waals surface area contributed by atoms with E-state index in [-0.39, 0.29) is 11.4 Å². The molecule has 1 aromatic heterocycles. The van der Waals surface area contributed by atoms with Gasteiger partial charge in [0.2, 0.25) is 0 Å². The first-order chi connectivity index (χ1) is 10.3. The third-order valence-electron chi connectivity index (χ3n) is 3.30. The molecule has 1 saturated heterocycles. The highest BCUT2D eigenvalue weighted by Crippen LogP contribution is 2.33. The summed E-state index contributed by atoms with van der Waals surface area (Å²) < 4.78 is 38.7. The monoisotopic (exact) mass is 315 g/mol. The van der Waals surface area contributed by atoms with E-state index in [1.54, 1.807) is 0 Å². The third kappa shape index (κ3) is 3.75. The van der Waals surface area contributed by atoms with E-state index >= 15 is 0 Å². The van der Waals surface area contributed by atoms with Crippen LogP contribution in [0.5, 0.6) is 0 Å². The highest BCUT2D eigenvalue weighted by Gasteiger charge is 2.33. The van der Waals surface area contributed by atoms with Crippen LogP contribution in [0, 0.1) is 0 Å². The Bertz CT molecular complexity index is 593. The van der Waals surface area contributed by atoms with Crippen LogP contribution >= 0.6 is 0 Å². The summed E-state index contributed by atoms with van der Waals surface area (Å²) in [6.45, 7) is 4.06. The van der Waals surface area contributed by atoms with Gasteiger partial charge in [-0.1, -0.05) is 5.16 Å². The molecule has 1 aromatic rings. The van der Waals surface area contributed by atoms with Crippen molar-refractivity contribution in [1.29, 1.82) is 0 Å². The van der Waals surface area contributed by atoms with Gasteiger partial charge in [-0.25, -0.2) is 4.79 Å². The molecule has 5 nitrogen and oxygen atoms in total. The summed E-state index contributed by atoms with van der Waals surface area (Å²) in [5.74, 6) is -0.603. The van der Waals surface area contributed by atoms with Gasteiger partial charge in [0.25, 0.3) is 0 Å². The number of alkyl halides is 3. The highest BCUT2D eigenvalue weighted by atomic mass is 19.4. The molecular weight excluding hydrogens is 299 g/mol. The van der Waals surface area contributed by atoms with Crippen LogP contribution in [-0.2, 0) is 15.8 Å². The van der Waals surface area contributed by atoms with E-state index < -0.39 is 17.7 Å². The minimum Gasteiger partial charge on any atom is -0.370 e. The van der Waals surface area contributed by atoms with Crippen molar-refractivity contribution < 1.29 is 22.8 Å². The average Bonchev–Trinajstić information content (AvgIpc) is 2.97. The molecule has 0 aliphatic carbocycles. The minimum atomic E-state index is -4.46. The lowest BCUT2D eigenvalue weighted by Gasteiger charge is -2.21. The molecule has 0 atom stereocenters. The molecule has 0 radical (unpaired) electrons. The van der Waals surface area contributed by atoms with Gasteiger partial charge in [-0.2, -0.15) is 13.2 Å². The van der Waals surface area contributed by atoms with E-state index in [1.807, 2.05) is 4.90 Å². The van der Waals surface area contributed by atoms with Crippen LogP contribution in [-0.4, -0.2) is 29.8 Å². The Morgan fingerprint density at radius 2 is 1.95 bits per heavy atom. The molecule has 2 heterocycles. The van der Waals surface area contributed by atoms with Gasteiger partial charge in [0.15, 0.2) is 0 Å². The van der Waals surface area contributed by atoms with E-state index in [9.17, 15) is 18.0 Å². The fourth-order valence-corrected chi connectivity index (χ4v) is 2.26. The SMILES string of the molecule is CC(=O)O/N=C(/C)c1ncc(C(F)(F)F)cc1N1CCCC1. The number of oxime groups is 1. The average molecular weight is 315 g/mol. The Morgan fingerprint density at radius 3 is 2.50 bits per heavy atom. The number of nitrogens with zero attached hydrogens (tertiary/aromatic N) is 3. The Labute approximate surface area is 125 Å². The molecule has 0 bridgehead atoms. The van der Waals surface area contributed by atoms with Gasteiger partial charge in [0.1, 0.15) is 11.4 Å². The molecule has 120 valence electrons. The number of rotatable bonds is 3. The Kier molecular flexibility index (Phi) is 4.68. The molecule has 1 aliphatic heterocycles. The van der Waals surface area contributed by atoms with Gasteiger partial charge >= 0.3 is 12.1 Å². The van der Waals surface area contributed by atoms with Crippen LogP contribution in [0.3, 0.4) is 0 Å². The van der Waals surface area contributed by atoms with E-state index in [1.165, 1.54) is 13.8 Å². The summed E-state index contributed by atoms with van der Waals surface area (Å²) in [6.07, 6.45) is -1.87. The number of carbonyl (C=O) groups is 1. The first-order valence-electron chi connectivity index (χ1n) is 6.84. The molecule has 1 fully saturated rings. The lowest BCUT2D eigenvalue weighted by molar-refractivity contribution is -0.141. The lowest BCUT2D eigenvalue weighted by atomic mass is 10.1. The van der Waals surface area contributed by atoms with Gasteiger partial charge in [-0.05, 0) is 25.8 Å². The minimum absolute atomic E-state index is 0.255. The van der Waals surface area contributed by atoms with Crippen molar-refractivity contribution in [2.24, 2.45) is 5.16 Å². The van der Waals surface area contributed by atoms with Gasteiger partial charge in [0, 0.05) is 26.2 Å². The van der Waals surface area contributed by atoms with Gasteiger partial charge in [-0.3, -0.25) is 4.98 Å². The maximum absolute atomic E-state index is 12.9. The van der Waals surface area contributed by atoms with Crippen molar-refractivity contribution in [1.82, 2.24) is 4.98 Å². The second-order valence-electron chi connectivity index (χ2n) is 5.04. The van der Waals surface area contributed by atoms with Crippen LogP contribution < -0.4 is 4.90 Å². The largest absolute Gasteiger partial charge is 0.417 e. The van der Waals surface area contributed by atoms with Gasteiger partial charge in [-0.15, -0.1) is 0 Å². The summed E-state index contributed by atoms with van der Waals surface area (Å²) in [4.78, 5) is 21.1. The van der Waals surface area contributed by atoms with E-state index in [4.69, 9.17) is 0 Å². The number of hydrogen-bond donors (Lipinski definition) is 0. The highest BCUT2D eigenvalue weighted by molar-refractivity contribution is 6.01. The molecule has 0 unspecified atom stereocenters. The lowest BCUT2D eigenvalue weighted by Crippen LogP contribution is -2.22. The Morgan fingerprint density at radius 1 is 1.32 bits per heavy atom. The third-order valence-corrected chi connectivity index (χ3v) is 3.30. The molecule has 1 aliphatic rings. The molecule has 0 spiro atoms. The van der Waals surface area contributed by atoms with Crippen molar-refractivity contribution in [2.45, 2.75) is 32.9 Å². The maximum Gasteiger partial charge on any atom is 0.417 e. The zero-order valence-corrected chi connectivity index (χ0v) is 12.3. The predicted octanol–water partition coefficient (Wildman–Crippen LogP) is 2.99. The number of halogens is 3. The normalized spacial score (nSPS) is 16.0. The second-order valence-corrected chi connectivity index (χ2v) is 5.04. The smallest absolute Gasteiger partial charge is 0.370 e. The topological polar surface area (TPSA) is 54.8 Å². The van der Waals surface area contributed by atoms with Gasteiger partial charge in [0.05, 0.1) is 11.3 Å². The van der Waals surface area contributed by atoms with Crippen LogP contribution in [0.25, 0.3) is 0 Å². The molecule has 0 amide bonds. The number of anilines is 1. The standard InChI is InChI=1S/C14H16F3N3O2/c1-9(19-22-10(2)21)13-12(20-5-3-4-6-20)7-11(8-18-13)14(15,16)17/h7-8H,3-6H2,1-2H3/b19-9-. The van der Waals surface area contributed by atoms with Crippen LogP contribution in [0.4, 0.5) is 18.9 Å². The van der Waals surface area contributed by atoms with E-state index in [0.29, 0.717) is 18.8 Å². The molecule has 22 heavy (non-hydrogen) atoms. The Balaban J connectivity index is 2.43. The number of pyridine rings is 1. The zero-order chi connectivity index (χ0) is 16.3. The first kappa shape index (κ1) is 16.3. The molecule has 0 aromatic carbocycles. The number of carbonyl (C=O) groups excluding carboxylic acids is 1. The van der Waals surface area contributed by atoms with Crippen molar-refractivity contribution >= 4 is 17.4 Å². The van der Waals surface area contributed by atoms with Gasteiger partial charge < -0.3 is 9.74 Å². The fourth-order valence-electron chi connectivity index (χ4n) is 2.26. The fraction of sp³-hybridized carbons (Fsp3) is 0.500. The molecule has 8 heteroatoms. The van der Waals surface area contributed by atoms with Crippen molar-refractivity contribution in [3.8, 4) is 0 Å². The first-order valence-corrected chi connectivity index (χ1v) is 6.84. The van der Waals surface area contributed by atoms with E-state index in [2.05, 4.69) is 15.0 Å². The quantitative estimate of drug-likeness (QED) is 0.489. The second kappa shape index (κ2) is 6.33. The van der Waals surface area contributed by atoms with Crippen LogP contribution in [0.1, 0.15) is 37.9 Å². The number of hydrogen-bond acceptors (Lipinski definition) is 5.